The van der Waals surface area contributed by atoms with Gasteiger partial charge in [0.2, 0.25) is 0 Å². The van der Waals surface area contributed by atoms with Crippen LogP contribution in [0.3, 0.4) is 0 Å². The van der Waals surface area contributed by atoms with Crippen LogP contribution in [0.1, 0.15) is 20.8 Å². The van der Waals surface area contributed by atoms with Crippen molar-refractivity contribution in [2.45, 2.75) is 20.8 Å². The predicted molar refractivity (Wildman–Crippen MR) is 43.7 cm³/mol. The first-order chi connectivity index (χ1) is 4.27. The van der Waals surface area contributed by atoms with Gasteiger partial charge in [0.1, 0.15) is 0 Å². The molecule has 0 atom stereocenters. The molecular formula is C7H16N2. The van der Waals surface area contributed by atoms with E-state index < -0.39 is 0 Å². The van der Waals surface area contributed by atoms with Crippen molar-refractivity contribution in [2.75, 3.05) is 7.05 Å². The first-order valence-corrected chi connectivity index (χ1v) is 3.12. The largest absolute Gasteiger partial charge is 0.313 e. The summed E-state index contributed by atoms with van der Waals surface area (Å²) in [5.74, 6) is 0. The fourth-order valence-electron chi connectivity index (χ4n) is 0.175. The average molecular weight is 128 g/mol. The van der Waals surface area contributed by atoms with Crippen molar-refractivity contribution < 1.29 is 0 Å². The van der Waals surface area contributed by atoms with Crippen LogP contribution in [0, 0.1) is 0 Å². The quantitative estimate of drug-likeness (QED) is 0.445. The standard InChI is InChI=1S/C5H10N2.C2H6/c1-5(2)4-7-6-3;1-2/h4,6H,1H2,2-3H3;1-2H3/b7-4-;. The first-order valence-electron chi connectivity index (χ1n) is 3.12. The van der Waals surface area contributed by atoms with Gasteiger partial charge in [-0.05, 0) is 12.5 Å². The van der Waals surface area contributed by atoms with Gasteiger partial charge in [0.25, 0.3) is 0 Å². The number of allylic oxidation sites excluding steroid dienone is 1. The van der Waals surface area contributed by atoms with E-state index in [0.717, 1.165) is 5.57 Å². The Hall–Kier alpha value is -0.790. The number of nitrogens with zero attached hydrogens (tertiary/aromatic N) is 1. The van der Waals surface area contributed by atoms with Gasteiger partial charge >= 0.3 is 0 Å². The molecule has 0 rings (SSSR count). The van der Waals surface area contributed by atoms with Crippen molar-refractivity contribution in [2.24, 2.45) is 5.10 Å². The highest BCUT2D eigenvalue weighted by Crippen LogP contribution is 1.75. The van der Waals surface area contributed by atoms with Crippen molar-refractivity contribution in [3.8, 4) is 0 Å². The summed E-state index contributed by atoms with van der Waals surface area (Å²) in [4.78, 5) is 0. The number of hydrogen-bond acceptors (Lipinski definition) is 2. The maximum Gasteiger partial charge on any atom is 0.0491 e. The van der Waals surface area contributed by atoms with E-state index in [0.29, 0.717) is 0 Å². The van der Waals surface area contributed by atoms with Gasteiger partial charge in [-0.2, -0.15) is 5.10 Å². The molecule has 54 valence electrons. The fraction of sp³-hybridized carbons (Fsp3) is 0.571. The molecule has 2 heteroatoms. The zero-order valence-corrected chi connectivity index (χ0v) is 6.73. The summed E-state index contributed by atoms with van der Waals surface area (Å²) in [6.45, 7) is 9.49. The molecule has 0 saturated heterocycles. The third-order valence-electron chi connectivity index (χ3n) is 0.414. The smallest absolute Gasteiger partial charge is 0.0491 e. The molecule has 0 heterocycles. The van der Waals surface area contributed by atoms with E-state index in [-0.39, 0.29) is 0 Å². The van der Waals surface area contributed by atoms with E-state index in [1.54, 1.807) is 13.3 Å². The molecule has 0 fully saturated rings. The van der Waals surface area contributed by atoms with E-state index in [1.807, 2.05) is 20.8 Å². The minimum Gasteiger partial charge on any atom is -0.313 e. The normalized spacial score (nSPS) is 8.00. The van der Waals surface area contributed by atoms with Gasteiger partial charge in [-0.1, -0.05) is 20.4 Å². The van der Waals surface area contributed by atoms with Crippen LogP contribution >= 0.6 is 0 Å². The van der Waals surface area contributed by atoms with Gasteiger partial charge in [-0.15, -0.1) is 0 Å². The van der Waals surface area contributed by atoms with Crippen molar-refractivity contribution in [3.05, 3.63) is 12.2 Å². The topological polar surface area (TPSA) is 24.4 Å². The summed E-state index contributed by atoms with van der Waals surface area (Å²) >= 11 is 0. The SMILES string of the molecule is C=C(C)/C=N\NC.CC. The molecule has 0 aliphatic heterocycles. The first kappa shape index (κ1) is 11.1. The van der Waals surface area contributed by atoms with Gasteiger partial charge in [-0.25, -0.2) is 0 Å². The highest BCUT2D eigenvalue weighted by Gasteiger charge is 1.68. The second kappa shape index (κ2) is 10.2. The van der Waals surface area contributed by atoms with Crippen LogP contribution < -0.4 is 5.43 Å². The molecule has 1 N–H and O–H groups in total. The van der Waals surface area contributed by atoms with E-state index >= 15 is 0 Å². The third kappa shape index (κ3) is 19.0. The van der Waals surface area contributed by atoms with Gasteiger partial charge in [0.05, 0.1) is 0 Å². The maximum atomic E-state index is 3.70. The summed E-state index contributed by atoms with van der Waals surface area (Å²) in [7, 11) is 1.75. The molecular weight excluding hydrogens is 112 g/mol. The lowest BCUT2D eigenvalue weighted by Gasteiger charge is -1.83. The number of rotatable bonds is 2. The van der Waals surface area contributed by atoms with Gasteiger partial charge < -0.3 is 5.43 Å². The minimum atomic E-state index is 0.953. The number of hydrogen-bond donors (Lipinski definition) is 1. The van der Waals surface area contributed by atoms with E-state index in [4.69, 9.17) is 0 Å². The molecule has 0 bridgehead atoms. The predicted octanol–water partition coefficient (Wildman–Crippen LogP) is 1.79. The van der Waals surface area contributed by atoms with E-state index in [1.165, 1.54) is 0 Å². The summed E-state index contributed by atoms with van der Waals surface area (Å²) in [6, 6.07) is 0. The van der Waals surface area contributed by atoms with Crippen molar-refractivity contribution >= 4 is 6.21 Å². The molecule has 0 aromatic rings. The molecule has 0 spiro atoms. The molecule has 9 heavy (non-hydrogen) atoms. The Morgan fingerprint density at radius 3 is 2.11 bits per heavy atom. The second-order valence-electron chi connectivity index (χ2n) is 1.33. The Bertz CT molecular complexity index is 84.9. The average Bonchev–Trinajstić information content (AvgIpc) is 1.88. The van der Waals surface area contributed by atoms with Gasteiger partial charge in [0, 0.05) is 13.3 Å². The van der Waals surface area contributed by atoms with Crippen molar-refractivity contribution in [3.63, 3.8) is 0 Å². The van der Waals surface area contributed by atoms with Crippen molar-refractivity contribution in [1.82, 2.24) is 5.43 Å². The summed E-state index contributed by atoms with van der Waals surface area (Å²) in [5, 5.41) is 3.70. The highest BCUT2D eigenvalue weighted by atomic mass is 15.3. The molecule has 2 nitrogen and oxygen atoms in total. The van der Waals surface area contributed by atoms with Crippen LogP contribution in [-0.4, -0.2) is 13.3 Å². The summed E-state index contributed by atoms with van der Waals surface area (Å²) < 4.78 is 0. The third-order valence-corrected chi connectivity index (χ3v) is 0.414. The zero-order valence-electron chi connectivity index (χ0n) is 6.73. The van der Waals surface area contributed by atoms with Gasteiger partial charge in [0.15, 0.2) is 0 Å². The second-order valence-corrected chi connectivity index (χ2v) is 1.33. The Kier molecular flexibility index (Phi) is 12.6. The summed E-state index contributed by atoms with van der Waals surface area (Å²) in [6.07, 6.45) is 1.67. The monoisotopic (exact) mass is 128 g/mol. The minimum absolute atomic E-state index is 0.953. The Morgan fingerprint density at radius 2 is 2.00 bits per heavy atom. The lowest BCUT2D eigenvalue weighted by Crippen LogP contribution is -1.93. The van der Waals surface area contributed by atoms with Crippen LogP contribution in [0.2, 0.25) is 0 Å². The molecule has 0 radical (unpaired) electrons. The highest BCUT2D eigenvalue weighted by molar-refractivity contribution is 5.76. The van der Waals surface area contributed by atoms with Crippen LogP contribution in [0.4, 0.5) is 0 Å². The summed E-state index contributed by atoms with van der Waals surface area (Å²) in [5.41, 5.74) is 3.56. The van der Waals surface area contributed by atoms with E-state index in [2.05, 4.69) is 17.1 Å². The lowest BCUT2D eigenvalue weighted by atomic mass is 10.4. The fourth-order valence-corrected chi connectivity index (χ4v) is 0.175. The number of hydrazone groups is 1. The van der Waals surface area contributed by atoms with E-state index in [9.17, 15) is 0 Å². The van der Waals surface area contributed by atoms with Crippen LogP contribution in [0.5, 0.6) is 0 Å². The van der Waals surface area contributed by atoms with Gasteiger partial charge in [-0.3, -0.25) is 0 Å². The van der Waals surface area contributed by atoms with Crippen LogP contribution in [-0.2, 0) is 0 Å². The lowest BCUT2D eigenvalue weighted by molar-refractivity contribution is 0.907. The maximum absolute atomic E-state index is 3.70. The van der Waals surface area contributed by atoms with Crippen LogP contribution in [0.15, 0.2) is 17.3 Å². The Labute approximate surface area is 57.7 Å². The molecule has 0 aromatic heterocycles. The molecule has 0 amide bonds. The van der Waals surface area contributed by atoms with Crippen LogP contribution in [0.25, 0.3) is 0 Å². The number of nitrogens with one attached hydrogen (secondary N) is 1. The molecule has 0 aliphatic carbocycles. The Morgan fingerprint density at radius 1 is 1.56 bits per heavy atom. The molecule has 0 aromatic carbocycles. The molecule has 0 saturated carbocycles. The molecule has 0 aliphatic rings. The van der Waals surface area contributed by atoms with Crippen molar-refractivity contribution in [1.29, 1.82) is 0 Å². The molecule has 0 unspecified atom stereocenters. The Balaban J connectivity index is 0. The zero-order chi connectivity index (χ0) is 7.70.